The number of rotatable bonds is 6. The summed E-state index contributed by atoms with van der Waals surface area (Å²) in [6.07, 6.45) is 3.00. The minimum Gasteiger partial charge on any atom is -0.354 e. The first-order valence-electron chi connectivity index (χ1n) is 10.6. The molecule has 2 aromatic carbocycles. The van der Waals surface area contributed by atoms with E-state index < -0.39 is 6.04 Å². The van der Waals surface area contributed by atoms with Crippen molar-refractivity contribution in [3.8, 4) is 0 Å². The first kappa shape index (κ1) is 19.6. The average Bonchev–Trinajstić information content (AvgIpc) is 3.15. The van der Waals surface area contributed by atoms with Crippen LogP contribution < -0.4 is 10.2 Å². The van der Waals surface area contributed by atoms with Crippen LogP contribution in [-0.4, -0.2) is 42.4 Å². The van der Waals surface area contributed by atoms with Crippen LogP contribution in [0, 0.1) is 0 Å². The molecule has 29 heavy (non-hydrogen) atoms. The summed E-state index contributed by atoms with van der Waals surface area (Å²) in [5.41, 5.74) is 4.83. The molecule has 2 aromatic rings. The zero-order valence-electron chi connectivity index (χ0n) is 17.1. The molecule has 0 fully saturated rings. The van der Waals surface area contributed by atoms with Gasteiger partial charge in [-0.1, -0.05) is 49.4 Å². The van der Waals surface area contributed by atoms with Crippen molar-refractivity contribution < 1.29 is 9.59 Å². The molecule has 0 bridgehead atoms. The molecule has 2 aliphatic rings. The largest absolute Gasteiger partial charge is 0.354 e. The number of carbonyl (C=O) groups excluding carboxylic acids is 2. The van der Waals surface area contributed by atoms with Gasteiger partial charge in [0.25, 0.3) is 0 Å². The highest BCUT2D eigenvalue weighted by atomic mass is 16.2. The monoisotopic (exact) mass is 391 g/mol. The van der Waals surface area contributed by atoms with Gasteiger partial charge in [-0.15, -0.1) is 0 Å². The molecule has 2 heterocycles. The molecule has 0 unspecified atom stereocenters. The van der Waals surface area contributed by atoms with Gasteiger partial charge in [-0.25, -0.2) is 0 Å². The third-order valence-corrected chi connectivity index (χ3v) is 6.01. The minimum atomic E-state index is -0.429. The second kappa shape index (κ2) is 8.78. The SMILES string of the molecule is CCC(=O)N1c2ccccc2C[C@@H]1C(=O)NCCCN1CCc2ccccc2C1. The zero-order chi connectivity index (χ0) is 20.2. The Balaban J connectivity index is 1.28. The van der Waals surface area contributed by atoms with Crippen molar-refractivity contribution in [3.05, 3.63) is 65.2 Å². The van der Waals surface area contributed by atoms with E-state index in [4.69, 9.17) is 0 Å². The number of anilines is 1. The second-order valence-electron chi connectivity index (χ2n) is 7.91. The quantitative estimate of drug-likeness (QED) is 0.771. The molecule has 0 radical (unpaired) electrons. The van der Waals surface area contributed by atoms with Crippen LogP contribution in [0.2, 0.25) is 0 Å². The van der Waals surface area contributed by atoms with Gasteiger partial charge in [0.15, 0.2) is 0 Å². The molecule has 5 heteroatoms. The fourth-order valence-corrected chi connectivity index (χ4v) is 4.45. The van der Waals surface area contributed by atoms with Gasteiger partial charge in [-0.3, -0.25) is 19.4 Å². The first-order valence-corrected chi connectivity index (χ1v) is 10.6. The second-order valence-corrected chi connectivity index (χ2v) is 7.91. The standard InChI is InChI=1S/C24H29N3O2/c1-2-23(28)27-21-11-6-5-9-19(21)16-22(27)24(29)25-13-7-14-26-15-12-18-8-3-4-10-20(18)17-26/h3-6,8-11,22H,2,7,12-17H2,1H3,(H,25,29)/t22-/m1/s1. The number of para-hydroxylation sites is 1. The molecule has 0 aromatic heterocycles. The molecule has 1 N–H and O–H groups in total. The van der Waals surface area contributed by atoms with Gasteiger partial charge in [-0.05, 0) is 35.6 Å². The summed E-state index contributed by atoms with van der Waals surface area (Å²) in [5, 5.41) is 3.07. The fourth-order valence-electron chi connectivity index (χ4n) is 4.45. The summed E-state index contributed by atoms with van der Waals surface area (Å²) in [7, 11) is 0. The first-order chi connectivity index (χ1) is 14.2. The van der Waals surface area contributed by atoms with E-state index in [-0.39, 0.29) is 11.8 Å². The summed E-state index contributed by atoms with van der Waals surface area (Å²) in [6.45, 7) is 5.51. The van der Waals surface area contributed by atoms with E-state index in [0.717, 1.165) is 43.7 Å². The number of carbonyl (C=O) groups is 2. The molecule has 0 saturated heterocycles. The lowest BCUT2D eigenvalue weighted by molar-refractivity contribution is -0.126. The van der Waals surface area contributed by atoms with Crippen molar-refractivity contribution in [1.82, 2.24) is 10.2 Å². The fraction of sp³-hybridized carbons (Fsp3) is 0.417. The van der Waals surface area contributed by atoms with Gasteiger partial charge in [-0.2, -0.15) is 0 Å². The normalized spacial score (nSPS) is 18.2. The molecule has 1 atom stereocenters. The highest BCUT2D eigenvalue weighted by molar-refractivity contribution is 6.03. The van der Waals surface area contributed by atoms with Gasteiger partial charge in [0, 0.05) is 44.7 Å². The Morgan fingerprint density at radius 3 is 2.55 bits per heavy atom. The highest BCUT2D eigenvalue weighted by Gasteiger charge is 2.37. The molecule has 0 spiro atoms. The van der Waals surface area contributed by atoms with Crippen molar-refractivity contribution in [1.29, 1.82) is 0 Å². The van der Waals surface area contributed by atoms with Crippen molar-refractivity contribution >= 4 is 17.5 Å². The van der Waals surface area contributed by atoms with E-state index in [9.17, 15) is 9.59 Å². The van der Waals surface area contributed by atoms with E-state index in [2.05, 4.69) is 34.5 Å². The summed E-state index contributed by atoms with van der Waals surface area (Å²) < 4.78 is 0. The van der Waals surface area contributed by atoms with E-state index in [1.807, 2.05) is 31.2 Å². The van der Waals surface area contributed by atoms with E-state index in [1.54, 1.807) is 4.90 Å². The topological polar surface area (TPSA) is 52.7 Å². The van der Waals surface area contributed by atoms with Crippen LogP contribution in [0.4, 0.5) is 5.69 Å². The van der Waals surface area contributed by atoms with Crippen LogP contribution in [0.15, 0.2) is 48.5 Å². The van der Waals surface area contributed by atoms with E-state index in [1.165, 1.54) is 11.1 Å². The summed E-state index contributed by atoms with van der Waals surface area (Å²) >= 11 is 0. The lowest BCUT2D eigenvalue weighted by Crippen LogP contribution is -2.48. The Morgan fingerprint density at radius 2 is 1.76 bits per heavy atom. The highest BCUT2D eigenvalue weighted by Crippen LogP contribution is 2.32. The Labute approximate surface area is 172 Å². The van der Waals surface area contributed by atoms with Crippen molar-refractivity contribution in [2.24, 2.45) is 0 Å². The lowest BCUT2D eigenvalue weighted by Gasteiger charge is -2.29. The smallest absolute Gasteiger partial charge is 0.243 e. The maximum Gasteiger partial charge on any atom is 0.243 e. The van der Waals surface area contributed by atoms with E-state index in [0.29, 0.717) is 19.4 Å². The number of benzene rings is 2. The zero-order valence-corrected chi connectivity index (χ0v) is 17.1. The van der Waals surface area contributed by atoms with Crippen LogP contribution in [0.1, 0.15) is 36.5 Å². The summed E-state index contributed by atoms with van der Waals surface area (Å²) in [4.78, 5) is 29.4. The summed E-state index contributed by atoms with van der Waals surface area (Å²) in [6, 6.07) is 16.0. The van der Waals surface area contributed by atoms with Crippen LogP contribution in [0.3, 0.4) is 0 Å². The predicted molar refractivity (Wildman–Crippen MR) is 115 cm³/mol. The van der Waals surface area contributed by atoms with E-state index >= 15 is 0 Å². The van der Waals surface area contributed by atoms with Crippen LogP contribution in [-0.2, 0) is 29.0 Å². The number of hydrogen-bond donors (Lipinski definition) is 1. The van der Waals surface area contributed by atoms with Crippen molar-refractivity contribution in [3.63, 3.8) is 0 Å². The van der Waals surface area contributed by atoms with Gasteiger partial charge in [0.2, 0.25) is 11.8 Å². The molecule has 152 valence electrons. The van der Waals surface area contributed by atoms with Gasteiger partial charge < -0.3 is 5.32 Å². The average molecular weight is 392 g/mol. The molecule has 0 aliphatic carbocycles. The Morgan fingerprint density at radius 1 is 1.03 bits per heavy atom. The number of fused-ring (bicyclic) bond motifs is 2. The maximum atomic E-state index is 12.8. The number of amides is 2. The minimum absolute atomic E-state index is 0.00193. The molecule has 4 rings (SSSR count). The molecular weight excluding hydrogens is 362 g/mol. The molecule has 0 saturated carbocycles. The van der Waals surface area contributed by atoms with Crippen LogP contribution >= 0.6 is 0 Å². The molecule has 2 aliphatic heterocycles. The number of nitrogens with one attached hydrogen (secondary N) is 1. The van der Waals surface area contributed by atoms with Crippen molar-refractivity contribution in [2.75, 3.05) is 24.5 Å². The van der Waals surface area contributed by atoms with Crippen molar-refractivity contribution in [2.45, 2.75) is 45.2 Å². The third-order valence-electron chi connectivity index (χ3n) is 6.01. The third kappa shape index (κ3) is 4.20. The van der Waals surface area contributed by atoms with Gasteiger partial charge in [0.1, 0.15) is 6.04 Å². The number of hydrogen-bond acceptors (Lipinski definition) is 3. The molecule has 5 nitrogen and oxygen atoms in total. The Hall–Kier alpha value is -2.66. The van der Waals surface area contributed by atoms with Crippen LogP contribution in [0.5, 0.6) is 0 Å². The summed E-state index contributed by atoms with van der Waals surface area (Å²) in [5.74, 6) is -0.0472. The van der Waals surface area contributed by atoms with Crippen LogP contribution in [0.25, 0.3) is 0 Å². The van der Waals surface area contributed by atoms with Gasteiger partial charge >= 0.3 is 0 Å². The van der Waals surface area contributed by atoms with Gasteiger partial charge in [0.05, 0.1) is 0 Å². The maximum absolute atomic E-state index is 12.8. The number of nitrogens with zero attached hydrogens (tertiary/aromatic N) is 2. The Bertz CT molecular complexity index is 895. The Kier molecular flexibility index (Phi) is 5.95. The molecular formula is C24H29N3O2. The molecule has 2 amide bonds. The lowest BCUT2D eigenvalue weighted by atomic mass is 10.00. The predicted octanol–water partition coefficient (Wildman–Crippen LogP) is 2.92.